The summed E-state index contributed by atoms with van der Waals surface area (Å²) in [5, 5.41) is 15.4. The molecule has 0 aromatic heterocycles. The number of carboxylic acids is 1. The molecular weight excluding hydrogens is 378 g/mol. The molecule has 5 N–H and O–H groups in total. The van der Waals surface area contributed by atoms with Crippen molar-refractivity contribution in [3.05, 3.63) is 0 Å². The van der Waals surface area contributed by atoms with Crippen LogP contribution in [-0.2, 0) is 14.3 Å². The van der Waals surface area contributed by atoms with Crippen LogP contribution < -0.4 is 16.4 Å². The van der Waals surface area contributed by atoms with Crippen LogP contribution >= 0.6 is 12.6 Å². The number of thiol groups is 1. The predicted octanol–water partition coefficient (Wildman–Crippen LogP) is 1.90. The van der Waals surface area contributed by atoms with Gasteiger partial charge in [0.1, 0.15) is 12.1 Å². The molecule has 0 aromatic rings. The van der Waals surface area contributed by atoms with Crippen molar-refractivity contribution in [2.75, 3.05) is 18.9 Å². The van der Waals surface area contributed by atoms with Crippen LogP contribution in [0.2, 0.25) is 0 Å². The fourth-order valence-corrected chi connectivity index (χ4v) is 2.93. The predicted molar refractivity (Wildman–Crippen MR) is 117 cm³/mol. The average molecular weight is 420 g/mol. The van der Waals surface area contributed by atoms with Gasteiger partial charge in [0.2, 0.25) is 5.91 Å². The Bertz CT molecular complexity index is 463. The van der Waals surface area contributed by atoms with E-state index in [0.29, 0.717) is 31.2 Å². The van der Waals surface area contributed by atoms with Crippen LogP contribution in [0.3, 0.4) is 0 Å². The minimum absolute atomic E-state index is 0.0496. The van der Waals surface area contributed by atoms with Gasteiger partial charge in [0, 0.05) is 24.4 Å². The van der Waals surface area contributed by atoms with Crippen molar-refractivity contribution in [1.29, 1.82) is 0 Å². The van der Waals surface area contributed by atoms with Gasteiger partial charge in [-0.2, -0.15) is 12.6 Å². The summed E-state index contributed by atoms with van der Waals surface area (Å²) in [4.78, 5) is 24.1. The standard InChI is InChI=1S/C20H41N3O4S/c1-7-14(6)17(22-9-15(21)11-28)10-27-18(13(4)5)19(24)23-16(20(25)26)8-12(2)3/h12-18,22,28H,7-11,21H2,1-6H3,(H,23,24)(H,25,26)/t14-,15+,16-,17+,18-/m0/s1. The van der Waals surface area contributed by atoms with E-state index >= 15 is 0 Å². The second-order valence-corrected chi connectivity index (χ2v) is 8.73. The average Bonchev–Trinajstić information content (AvgIpc) is 2.61. The molecule has 5 atom stereocenters. The van der Waals surface area contributed by atoms with Crippen LogP contribution in [0, 0.1) is 17.8 Å². The van der Waals surface area contributed by atoms with Crippen LogP contribution in [-0.4, -0.2) is 60.1 Å². The summed E-state index contributed by atoms with van der Waals surface area (Å²) in [5.41, 5.74) is 5.94. The molecule has 1 amide bonds. The maximum atomic E-state index is 12.7. The number of carbonyl (C=O) groups excluding carboxylic acids is 1. The molecule has 0 aromatic carbocycles. The minimum Gasteiger partial charge on any atom is -0.480 e. The van der Waals surface area contributed by atoms with Crippen LogP contribution in [0.15, 0.2) is 0 Å². The molecule has 0 aliphatic rings. The number of ether oxygens (including phenoxy) is 1. The molecule has 0 radical (unpaired) electrons. The van der Waals surface area contributed by atoms with Crippen LogP contribution in [0.5, 0.6) is 0 Å². The Kier molecular flexibility index (Phi) is 13.8. The van der Waals surface area contributed by atoms with Gasteiger partial charge >= 0.3 is 5.97 Å². The number of rotatable bonds is 15. The van der Waals surface area contributed by atoms with E-state index in [1.807, 2.05) is 27.7 Å². The number of nitrogens with one attached hydrogen (secondary N) is 2. The van der Waals surface area contributed by atoms with Crippen LogP contribution in [0.4, 0.5) is 0 Å². The minimum atomic E-state index is -1.02. The lowest BCUT2D eigenvalue weighted by atomic mass is 9.99. The molecule has 0 saturated heterocycles. The summed E-state index contributed by atoms with van der Waals surface area (Å²) in [6, 6.07) is -0.906. The van der Waals surface area contributed by atoms with E-state index < -0.39 is 18.1 Å². The first-order valence-electron chi connectivity index (χ1n) is 10.3. The van der Waals surface area contributed by atoms with Crippen molar-refractivity contribution < 1.29 is 19.4 Å². The molecule has 0 heterocycles. The molecule has 166 valence electrons. The summed E-state index contributed by atoms with van der Waals surface area (Å²) >= 11 is 4.21. The summed E-state index contributed by atoms with van der Waals surface area (Å²) in [7, 11) is 0. The van der Waals surface area contributed by atoms with Gasteiger partial charge in [0.05, 0.1) is 6.61 Å². The molecule has 7 nitrogen and oxygen atoms in total. The van der Waals surface area contributed by atoms with E-state index in [0.717, 1.165) is 6.42 Å². The molecule has 28 heavy (non-hydrogen) atoms. The largest absolute Gasteiger partial charge is 0.480 e. The quantitative estimate of drug-likeness (QED) is 0.259. The lowest BCUT2D eigenvalue weighted by Gasteiger charge is -2.29. The van der Waals surface area contributed by atoms with Crippen LogP contribution in [0.25, 0.3) is 0 Å². The normalized spacial score (nSPS) is 17.2. The first-order valence-corrected chi connectivity index (χ1v) is 10.9. The fraction of sp³-hybridized carbons (Fsp3) is 0.900. The number of carboxylic acid groups (broad SMARTS) is 1. The van der Waals surface area contributed by atoms with E-state index in [2.05, 4.69) is 37.1 Å². The summed E-state index contributed by atoms with van der Waals surface area (Å²) < 4.78 is 5.97. The van der Waals surface area contributed by atoms with Crippen molar-refractivity contribution in [3.63, 3.8) is 0 Å². The number of aliphatic carboxylic acids is 1. The molecule has 0 unspecified atom stereocenters. The van der Waals surface area contributed by atoms with Crippen molar-refractivity contribution in [1.82, 2.24) is 10.6 Å². The highest BCUT2D eigenvalue weighted by Gasteiger charge is 2.29. The number of hydrogen-bond acceptors (Lipinski definition) is 6. The molecule has 0 aliphatic carbocycles. The van der Waals surface area contributed by atoms with Crippen molar-refractivity contribution in [3.8, 4) is 0 Å². The lowest BCUT2D eigenvalue weighted by Crippen LogP contribution is -2.50. The monoisotopic (exact) mass is 419 g/mol. The molecular formula is C20H41N3O4S. The van der Waals surface area contributed by atoms with E-state index in [-0.39, 0.29) is 29.8 Å². The number of hydrogen-bond donors (Lipinski definition) is 5. The Morgan fingerprint density at radius 3 is 2.21 bits per heavy atom. The van der Waals surface area contributed by atoms with Crippen LogP contribution in [0.1, 0.15) is 54.4 Å². The highest BCUT2D eigenvalue weighted by Crippen LogP contribution is 2.14. The molecule has 8 heteroatoms. The second kappa shape index (κ2) is 14.2. The van der Waals surface area contributed by atoms with E-state index in [1.54, 1.807) is 0 Å². The van der Waals surface area contributed by atoms with Gasteiger partial charge in [-0.25, -0.2) is 4.79 Å². The van der Waals surface area contributed by atoms with Crippen molar-refractivity contribution >= 4 is 24.5 Å². The molecule has 0 saturated carbocycles. The Labute approximate surface area is 175 Å². The van der Waals surface area contributed by atoms with Gasteiger partial charge < -0.3 is 26.2 Å². The third-order valence-corrected chi connectivity index (χ3v) is 5.32. The molecule has 0 fully saturated rings. The summed E-state index contributed by atoms with van der Waals surface area (Å²) in [6.07, 6.45) is 0.635. The van der Waals surface area contributed by atoms with Crippen molar-refractivity contribution in [2.45, 2.75) is 78.6 Å². The van der Waals surface area contributed by atoms with Gasteiger partial charge in [-0.05, 0) is 24.2 Å². The zero-order valence-electron chi connectivity index (χ0n) is 18.3. The fourth-order valence-electron chi connectivity index (χ4n) is 2.80. The zero-order chi connectivity index (χ0) is 21.9. The molecule has 0 aliphatic heterocycles. The SMILES string of the molecule is CC[C@H](C)[C@@H](CO[C@H](C(=O)N[C@@H](CC(C)C)C(=O)O)C(C)C)NC[C@@H](N)CS. The Hall–Kier alpha value is -0.830. The van der Waals surface area contributed by atoms with Crippen molar-refractivity contribution in [2.24, 2.45) is 23.5 Å². The van der Waals surface area contributed by atoms with Gasteiger partial charge in [-0.3, -0.25) is 4.79 Å². The molecule has 0 spiro atoms. The van der Waals surface area contributed by atoms with E-state index in [1.165, 1.54) is 0 Å². The maximum Gasteiger partial charge on any atom is 0.326 e. The molecule has 0 bridgehead atoms. The Morgan fingerprint density at radius 1 is 1.18 bits per heavy atom. The van der Waals surface area contributed by atoms with E-state index in [4.69, 9.17) is 10.5 Å². The maximum absolute atomic E-state index is 12.7. The van der Waals surface area contributed by atoms with Gasteiger partial charge in [0.15, 0.2) is 0 Å². The first-order chi connectivity index (χ1) is 13.0. The third-order valence-electron chi connectivity index (χ3n) is 4.85. The lowest BCUT2D eigenvalue weighted by molar-refractivity contribution is -0.146. The van der Waals surface area contributed by atoms with Gasteiger partial charge in [0.25, 0.3) is 0 Å². The Balaban J connectivity index is 4.99. The smallest absolute Gasteiger partial charge is 0.326 e. The number of nitrogens with two attached hydrogens (primary N) is 1. The topological polar surface area (TPSA) is 114 Å². The molecule has 0 rings (SSSR count). The number of amides is 1. The zero-order valence-corrected chi connectivity index (χ0v) is 19.2. The third kappa shape index (κ3) is 10.6. The first kappa shape index (κ1) is 27.2. The van der Waals surface area contributed by atoms with Gasteiger partial charge in [-0.1, -0.05) is 48.0 Å². The van der Waals surface area contributed by atoms with E-state index in [9.17, 15) is 14.7 Å². The highest BCUT2D eigenvalue weighted by atomic mass is 32.1. The number of carbonyl (C=O) groups is 2. The second-order valence-electron chi connectivity index (χ2n) is 8.37. The van der Waals surface area contributed by atoms with Gasteiger partial charge in [-0.15, -0.1) is 0 Å². The highest BCUT2D eigenvalue weighted by molar-refractivity contribution is 7.80. The summed E-state index contributed by atoms with van der Waals surface area (Å²) in [6.45, 7) is 12.8. The summed E-state index contributed by atoms with van der Waals surface area (Å²) in [5.74, 6) is -0.386. The Morgan fingerprint density at radius 2 is 1.79 bits per heavy atom.